The Morgan fingerprint density at radius 3 is 2.81 bits per heavy atom. The highest BCUT2D eigenvalue weighted by Crippen LogP contribution is 2.35. The summed E-state index contributed by atoms with van der Waals surface area (Å²) in [5.74, 6) is -0.595. The van der Waals surface area contributed by atoms with Gasteiger partial charge in [-0.1, -0.05) is 11.6 Å². The second kappa shape index (κ2) is 6.83. The molecule has 6 nitrogen and oxygen atoms in total. The van der Waals surface area contributed by atoms with E-state index in [1.54, 1.807) is 13.0 Å². The highest BCUT2D eigenvalue weighted by atomic mass is 35.5. The fourth-order valence-electron chi connectivity index (χ4n) is 2.28. The highest BCUT2D eigenvalue weighted by molar-refractivity contribution is 6.33. The zero-order chi connectivity index (χ0) is 18.9. The molecule has 0 fully saturated rings. The number of carbonyl (C=O) groups is 1. The molecule has 0 bridgehead atoms. The summed E-state index contributed by atoms with van der Waals surface area (Å²) >= 11 is 6.02. The fraction of sp³-hybridized carbons (Fsp3) is 0.188. The van der Waals surface area contributed by atoms with Gasteiger partial charge < -0.3 is 10.1 Å². The van der Waals surface area contributed by atoms with Crippen molar-refractivity contribution in [3.8, 4) is 0 Å². The number of ether oxygens (including phenoxy) is 1. The molecule has 10 heteroatoms. The maximum absolute atomic E-state index is 13.0. The second-order valence-corrected chi connectivity index (χ2v) is 5.57. The number of hydrogen-bond donors (Lipinski definition) is 1. The molecular formula is C16H12ClF3N4O2. The maximum Gasteiger partial charge on any atom is 0.416 e. The summed E-state index contributed by atoms with van der Waals surface area (Å²) in [4.78, 5) is 16.2. The van der Waals surface area contributed by atoms with Crippen LogP contribution in [0.4, 0.5) is 24.7 Å². The number of hydrogen-bond acceptors (Lipinski definition) is 5. The zero-order valence-electron chi connectivity index (χ0n) is 13.3. The number of halogens is 4. The predicted molar refractivity (Wildman–Crippen MR) is 88.7 cm³/mol. The van der Waals surface area contributed by atoms with E-state index < -0.39 is 17.7 Å². The molecule has 3 aromatic rings. The van der Waals surface area contributed by atoms with Crippen LogP contribution in [0, 0.1) is 0 Å². The Morgan fingerprint density at radius 1 is 1.35 bits per heavy atom. The Hall–Kier alpha value is -2.81. The number of alkyl halides is 3. The van der Waals surface area contributed by atoms with Crippen LogP contribution >= 0.6 is 11.6 Å². The minimum atomic E-state index is -4.54. The van der Waals surface area contributed by atoms with Gasteiger partial charge in [0.2, 0.25) is 0 Å². The van der Waals surface area contributed by atoms with Crippen molar-refractivity contribution in [1.29, 1.82) is 0 Å². The lowest BCUT2D eigenvalue weighted by Crippen LogP contribution is -2.13. The normalized spacial score (nSPS) is 11.6. The Labute approximate surface area is 150 Å². The molecule has 0 aliphatic heterocycles. The third-order valence-electron chi connectivity index (χ3n) is 3.46. The molecule has 0 spiro atoms. The fourth-order valence-corrected chi connectivity index (χ4v) is 2.44. The van der Waals surface area contributed by atoms with Crippen LogP contribution in [-0.2, 0) is 10.9 Å². The van der Waals surface area contributed by atoms with Crippen molar-refractivity contribution in [3.63, 3.8) is 0 Å². The number of aromatic nitrogens is 3. The Balaban J connectivity index is 2.12. The number of esters is 1. The Kier molecular flexibility index (Phi) is 4.73. The molecular weight excluding hydrogens is 373 g/mol. The number of anilines is 2. The van der Waals surface area contributed by atoms with Crippen LogP contribution < -0.4 is 5.32 Å². The lowest BCUT2D eigenvalue weighted by Gasteiger charge is -2.15. The molecule has 0 atom stereocenters. The summed E-state index contributed by atoms with van der Waals surface area (Å²) < 4.78 is 45.2. The molecule has 26 heavy (non-hydrogen) atoms. The molecule has 3 rings (SSSR count). The van der Waals surface area contributed by atoms with Crippen LogP contribution in [0.25, 0.3) is 5.65 Å². The van der Waals surface area contributed by atoms with Gasteiger partial charge in [0.15, 0.2) is 11.5 Å². The average molecular weight is 385 g/mol. The summed E-state index contributed by atoms with van der Waals surface area (Å²) in [5.41, 5.74) is -0.511. The molecule has 0 saturated carbocycles. The number of nitrogens with one attached hydrogen (secondary N) is 1. The minimum Gasteiger partial charge on any atom is -0.462 e. The third kappa shape index (κ3) is 3.43. The van der Waals surface area contributed by atoms with Gasteiger partial charge in [-0.15, -0.1) is 0 Å². The van der Waals surface area contributed by atoms with Crippen LogP contribution in [0.15, 0.2) is 36.7 Å². The van der Waals surface area contributed by atoms with E-state index in [0.717, 1.165) is 18.2 Å². The minimum absolute atomic E-state index is 0.0107. The van der Waals surface area contributed by atoms with E-state index in [9.17, 15) is 18.0 Å². The van der Waals surface area contributed by atoms with Gasteiger partial charge in [-0.3, -0.25) is 0 Å². The summed E-state index contributed by atoms with van der Waals surface area (Å²) in [5, 5.41) is 6.83. The molecule has 0 saturated heterocycles. The first kappa shape index (κ1) is 18.0. The van der Waals surface area contributed by atoms with Crippen molar-refractivity contribution in [2.75, 3.05) is 11.9 Å². The summed E-state index contributed by atoms with van der Waals surface area (Å²) in [6, 6.07) is 4.43. The van der Waals surface area contributed by atoms with Crippen LogP contribution in [0.1, 0.15) is 22.8 Å². The first-order valence-corrected chi connectivity index (χ1v) is 7.82. The van der Waals surface area contributed by atoms with Crippen molar-refractivity contribution in [3.05, 3.63) is 52.8 Å². The molecule has 1 aromatic carbocycles. The van der Waals surface area contributed by atoms with Gasteiger partial charge in [-0.25, -0.2) is 9.78 Å². The standard InChI is InChI=1S/C16H12ClF3N4O2/c1-2-26-15(25)10-8-21-13-5-6-22-24(13)14(10)23-12-7-9(16(18,19)20)3-4-11(12)17/h3-8,23H,2H2,1H3. The Morgan fingerprint density at radius 2 is 2.12 bits per heavy atom. The van der Waals surface area contributed by atoms with E-state index in [0.29, 0.717) is 5.65 Å². The second-order valence-electron chi connectivity index (χ2n) is 5.16. The molecule has 0 radical (unpaired) electrons. The van der Waals surface area contributed by atoms with Crippen LogP contribution in [-0.4, -0.2) is 27.2 Å². The summed E-state index contributed by atoms with van der Waals surface area (Å²) in [7, 11) is 0. The monoisotopic (exact) mass is 384 g/mol. The van der Waals surface area contributed by atoms with Crippen molar-refractivity contribution in [2.45, 2.75) is 13.1 Å². The van der Waals surface area contributed by atoms with E-state index in [-0.39, 0.29) is 28.7 Å². The van der Waals surface area contributed by atoms with E-state index >= 15 is 0 Å². The van der Waals surface area contributed by atoms with Crippen molar-refractivity contribution < 1.29 is 22.7 Å². The van der Waals surface area contributed by atoms with Crippen LogP contribution in [0.5, 0.6) is 0 Å². The van der Waals surface area contributed by atoms with Gasteiger partial charge in [-0.05, 0) is 25.1 Å². The molecule has 136 valence electrons. The van der Waals surface area contributed by atoms with Crippen molar-refractivity contribution in [1.82, 2.24) is 14.6 Å². The van der Waals surface area contributed by atoms with Gasteiger partial charge in [0.25, 0.3) is 0 Å². The zero-order valence-corrected chi connectivity index (χ0v) is 14.1. The summed E-state index contributed by atoms with van der Waals surface area (Å²) in [6.07, 6.45) is -1.83. The molecule has 0 aliphatic carbocycles. The lowest BCUT2D eigenvalue weighted by atomic mass is 10.2. The number of fused-ring (bicyclic) bond motifs is 1. The topological polar surface area (TPSA) is 68.5 Å². The largest absolute Gasteiger partial charge is 0.462 e. The SMILES string of the molecule is CCOC(=O)c1cnc2ccnn2c1Nc1cc(C(F)(F)F)ccc1Cl. The van der Waals surface area contributed by atoms with Gasteiger partial charge >= 0.3 is 12.1 Å². The van der Waals surface area contributed by atoms with Crippen molar-refractivity contribution >= 4 is 34.7 Å². The quantitative estimate of drug-likeness (QED) is 0.678. The maximum atomic E-state index is 13.0. The van der Waals surface area contributed by atoms with E-state index in [1.165, 1.54) is 16.9 Å². The Bertz CT molecular complexity index is 972. The van der Waals surface area contributed by atoms with Crippen LogP contribution in [0.3, 0.4) is 0 Å². The van der Waals surface area contributed by atoms with Gasteiger partial charge in [0, 0.05) is 12.3 Å². The van der Waals surface area contributed by atoms with Gasteiger partial charge in [0.05, 0.1) is 29.1 Å². The molecule has 0 unspecified atom stereocenters. The smallest absolute Gasteiger partial charge is 0.416 e. The van der Waals surface area contributed by atoms with Crippen LogP contribution in [0.2, 0.25) is 5.02 Å². The number of nitrogens with zero attached hydrogens (tertiary/aromatic N) is 3. The van der Waals surface area contributed by atoms with Crippen molar-refractivity contribution in [2.24, 2.45) is 0 Å². The lowest BCUT2D eigenvalue weighted by molar-refractivity contribution is -0.137. The first-order chi connectivity index (χ1) is 12.3. The highest BCUT2D eigenvalue weighted by Gasteiger charge is 2.31. The molecule has 1 N–H and O–H groups in total. The number of benzene rings is 1. The molecule has 2 aromatic heterocycles. The molecule has 0 amide bonds. The predicted octanol–water partition coefficient (Wildman–Crippen LogP) is 4.32. The van der Waals surface area contributed by atoms with Gasteiger partial charge in [0.1, 0.15) is 5.56 Å². The number of rotatable bonds is 4. The average Bonchev–Trinajstić information content (AvgIpc) is 3.05. The van der Waals surface area contributed by atoms with E-state index in [4.69, 9.17) is 16.3 Å². The van der Waals surface area contributed by atoms with E-state index in [2.05, 4.69) is 15.4 Å². The first-order valence-electron chi connectivity index (χ1n) is 7.45. The number of carbonyl (C=O) groups excluding carboxylic acids is 1. The third-order valence-corrected chi connectivity index (χ3v) is 3.79. The molecule has 2 heterocycles. The van der Waals surface area contributed by atoms with Gasteiger partial charge in [-0.2, -0.15) is 22.8 Å². The summed E-state index contributed by atoms with van der Waals surface area (Å²) in [6.45, 7) is 1.76. The van der Waals surface area contributed by atoms with E-state index in [1.807, 2.05) is 0 Å². The molecule has 0 aliphatic rings.